The maximum Gasteiger partial charge on any atom is 0.328 e. The topological polar surface area (TPSA) is 44.7 Å². The first-order valence-electron chi connectivity index (χ1n) is 8.20. The van der Waals surface area contributed by atoms with Gasteiger partial charge in [0.05, 0.1) is 6.54 Å². The van der Waals surface area contributed by atoms with E-state index in [0.29, 0.717) is 10.3 Å². The zero-order chi connectivity index (χ0) is 16.2. The molecule has 1 saturated carbocycles. The highest BCUT2D eigenvalue weighted by Crippen LogP contribution is 2.30. The van der Waals surface area contributed by atoms with Gasteiger partial charge in [0, 0.05) is 22.0 Å². The molecule has 1 atom stereocenters. The lowest BCUT2D eigenvalue weighted by atomic mass is 9.94. The molecule has 1 aliphatic heterocycles. The van der Waals surface area contributed by atoms with E-state index >= 15 is 0 Å². The summed E-state index contributed by atoms with van der Waals surface area (Å²) in [6.45, 7) is 2.93. The Balaban J connectivity index is 1.77. The number of benzene rings is 1. The van der Waals surface area contributed by atoms with Gasteiger partial charge in [-0.1, -0.05) is 55.6 Å². The van der Waals surface area contributed by atoms with Crippen LogP contribution in [0.15, 0.2) is 29.3 Å². The zero-order valence-corrected chi connectivity index (χ0v) is 14.9. The zero-order valence-electron chi connectivity index (χ0n) is 13.3. The lowest BCUT2D eigenvalue weighted by Crippen LogP contribution is -2.46. The third kappa shape index (κ3) is 4.21. The number of hydrogen-bond acceptors (Lipinski definition) is 3. The summed E-state index contributed by atoms with van der Waals surface area (Å²) in [7, 11) is 0. The van der Waals surface area contributed by atoms with Crippen molar-refractivity contribution in [3.05, 3.63) is 29.3 Å². The molecule has 1 N–H and O–H groups in total. The number of rotatable bonds is 2. The number of aliphatic imine (C=N–C) groups is 1. The molecule has 0 radical (unpaired) electrons. The Morgan fingerprint density at radius 3 is 2.78 bits per heavy atom. The Morgan fingerprint density at radius 1 is 1.35 bits per heavy atom. The fourth-order valence-electron chi connectivity index (χ4n) is 3.09. The Kier molecular flexibility index (Phi) is 5.49. The molecule has 3 rings (SSSR count). The van der Waals surface area contributed by atoms with Crippen LogP contribution in [0.1, 0.15) is 39.0 Å². The predicted octanol–water partition coefficient (Wildman–Crippen LogP) is 5.00. The van der Waals surface area contributed by atoms with Crippen molar-refractivity contribution in [3.63, 3.8) is 0 Å². The van der Waals surface area contributed by atoms with Gasteiger partial charge in [0.25, 0.3) is 0 Å². The highest BCUT2D eigenvalue weighted by Gasteiger charge is 2.32. The van der Waals surface area contributed by atoms with Crippen LogP contribution < -0.4 is 5.32 Å². The van der Waals surface area contributed by atoms with E-state index in [2.05, 4.69) is 17.2 Å². The van der Waals surface area contributed by atoms with Crippen molar-refractivity contribution in [1.82, 2.24) is 4.90 Å². The van der Waals surface area contributed by atoms with Crippen LogP contribution in [0, 0.1) is 0 Å². The maximum absolute atomic E-state index is 12.9. The molecule has 1 heterocycles. The summed E-state index contributed by atoms with van der Waals surface area (Å²) >= 11 is 7.71. The van der Waals surface area contributed by atoms with Crippen LogP contribution in [0.25, 0.3) is 0 Å². The van der Waals surface area contributed by atoms with Crippen LogP contribution in [-0.2, 0) is 0 Å². The normalized spacial score (nSPS) is 21.8. The Labute approximate surface area is 146 Å². The molecule has 2 aliphatic rings. The summed E-state index contributed by atoms with van der Waals surface area (Å²) < 4.78 is 0. The van der Waals surface area contributed by atoms with E-state index < -0.39 is 0 Å². The molecule has 0 spiro atoms. The van der Waals surface area contributed by atoms with Crippen LogP contribution in [0.5, 0.6) is 0 Å². The quantitative estimate of drug-likeness (QED) is 0.815. The van der Waals surface area contributed by atoms with E-state index in [4.69, 9.17) is 11.6 Å². The van der Waals surface area contributed by atoms with E-state index in [1.807, 2.05) is 17.0 Å². The number of hydrogen-bond donors (Lipinski definition) is 1. The second kappa shape index (κ2) is 7.58. The molecule has 23 heavy (non-hydrogen) atoms. The number of nitrogens with one attached hydrogen (secondary N) is 1. The molecular weight excluding hydrogens is 330 g/mol. The number of halogens is 1. The number of anilines is 1. The molecule has 124 valence electrons. The smallest absolute Gasteiger partial charge is 0.307 e. The lowest BCUT2D eigenvalue weighted by Gasteiger charge is -2.33. The first kappa shape index (κ1) is 16.7. The third-order valence-corrected chi connectivity index (χ3v) is 5.55. The van der Waals surface area contributed by atoms with Gasteiger partial charge in [-0.25, -0.2) is 4.79 Å². The number of carbonyl (C=O) groups is 1. The van der Waals surface area contributed by atoms with Crippen molar-refractivity contribution in [2.75, 3.05) is 11.9 Å². The molecule has 1 aromatic carbocycles. The average molecular weight is 352 g/mol. The van der Waals surface area contributed by atoms with Crippen molar-refractivity contribution in [2.45, 2.75) is 50.3 Å². The minimum atomic E-state index is -0.0977. The molecule has 0 saturated heterocycles. The molecular formula is C17H22ClN3OS. The number of amides is 2. The highest BCUT2D eigenvalue weighted by atomic mass is 35.5. The number of urea groups is 1. The van der Waals surface area contributed by atoms with Gasteiger partial charge in [0.1, 0.15) is 0 Å². The fraction of sp³-hybridized carbons (Fsp3) is 0.529. The van der Waals surface area contributed by atoms with Gasteiger partial charge in [0.15, 0.2) is 5.17 Å². The van der Waals surface area contributed by atoms with Gasteiger partial charge in [-0.15, -0.1) is 0 Å². The highest BCUT2D eigenvalue weighted by molar-refractivity contribution is 8.14. The van der Waals surface area contributed by atoms with E-state index in [9.17, 15) is 4.79 Å². The summed E-state index contributed by atoms with van der Waals surface area (Å²) in [6, 6.07) is 7.42. The van der Waals surface area contributed by atoms with Gasteiger partial charge < -0.3 is 5.32 Å². The standard InChI is InChI=1S/C17H22ClN3OS/c1-12-11-19-17(23-12)21(15-8-3-2-4-9-15)16(22)20-14-7-5-6-13(18)10-14/h5-7,10,12,15H,2-4,8-9,11H2,1H3,(H,20,22)/t12-/m1/s1. The minimum Gasteiger partial charge on any atom is -0.307 e. The SMILES string of the molecule is C[C@@H]1CN=C(N(C(=O)Nc2cccc(Cl)c2)C2CCCCC2)S1. The Hall–Kier alpha value is -1.20. The van der Waals surface area contributed by atoms with Gasteiger partial charge in [0.2, 0.25) is 0 Å². The first-order chi connectivity index (χ1) is 11.1. The maximum atomic E-state index is 12.9. The summed E-state index contributed by atoms with van der Waals surface area (Å²) in [6.07, 6.45) is 5.72. The predicted molar refractivity (Wildman–Crippen MR) is 98.5 cm³/mol. The van der Waals surface area contributed by atoms with Crippen LogP contribution in [-0.4, -0.2) is 33.9 Å². The van der Waals surface area contributed by atoms with Crippen molar-refractivity contribution in [3.8, 4) is 0 Å². The molecule has 4 nitrogen and oxygen atoms in total. The average Bonchev–Trinajstić information content (AvgIpc) is 2.94. The van der Waals surface area contributed by atoms with Gasteiger partial charge in [-0.3, -0.25) is 9.89 Å². The molecule has 2 amide bonds. The molecule has 1 aliphatic carbocycles. The van der Waals surface area contributed by atoms with Gasteiger partial charge >= 0.3 is 6.03 Å². The van der Waals surface area contributed by atoms with Crippen molar-refractivity contribution in [1.29, 1.82) is 0 Å². The second-order valence-electron chi connectivity index (χ2n) is 6.15. The molecule has 0 unspecified atom stereocenters. The number of amidine groups is 1. The number of thioether (sulfide) groups is 1. The van der Waals surface area contributed by atoms with E-state index in [-0.39, 0.29) is 12.1 Å². The third-order valence-electron chi connectivity index (χ3n) is 4.23. The van der Waals surface area contributed by atoms with Crippen molar-refractivity contribution < 1.29 is 4.79 Å². The minimum absolute atomic E-state index is 0.0977. The van der Waals surface area contributed by atoms with Gasteiger partial charge in [-0.2, -0.15) is 0 Å². The molecule has 0 bridgehead atoms. The molecule has 1 aromatic rings. The van der Waals surface area contributed by atoms with Crippen LogP contribution in [0.3, 0.4) is 0 Å². The van der Waals surface area contributed by atoms with E-state index in [1.54, 1.807) is 23.9 Å². The Morgan fingerprint density at radius 2 is 2.13 bits per heavy atom. The molecule has 1 fully saturated rings. The monoisotopic (exact) mass is 351 g/mol. The van der Waals surface area contributed by atoms with Gasteiger partial charge in [-0.05, 0) is 31.0 Å². The van der Waals surface area contributed by atoms with Crippen molar-refractivity contribution in [2.24, 2.45) is 4.99 Å². The number of nitrogens with zero attached hydrogens (tertiary/aromatic N) is 2. The van der Waals surface area contributed by atoms with Crippen LogP contribution in [0.2, 0.25) is 5.02 Å². The summed E-state index contributed by atoms with van der Waals surface area (Å²) in [5.74, 6) is 0. The van der Waals surface area contributed by atoms with E-state index in [0.717, 1.165) is 30.2 Å². The summed E-state index contributed by atoms with van der Waals surface area (Å²) in [5.41, 5.74) is 0.722. The second-order valence-corrected chi connectivity index (χ2v) is 8.00. The lowest BCUT2D eigenvalue weighted by molar-refractivity contribution is 0.209. The molecule has 0 aromatic heterocycles. The first-order valence-corrected chi connectivity index (χ1v) is 9.46. The van der Waals surface area contributed by atoms with Crippen LogP contribution >= 0.6 is 23.4 Å². The Bertz CT molecular complexity index is 601. The molecule has 6 heteroatoms. The number of carbonyl (C=O) groups excluding carboxylic acids is 1. The van der Waals surface area contributed by atoms with Crippen molar-refractivity contribution >= 4 is 40.2 Å². The van der Waals surface area contributed by atoms with E-state index in [1.165, 1.54) is 19.3 Å². The fourth-order valence-corrected chi connectivity index (χ4v) is 4.29. The van der Waals surface area contributed by atoms with Crippen LogP contribution in [0.4, 0.5) is 10.5 Å². The largest absolute Gasteiger partial charge is 0.328 e. The summed E-state index contributed by atoms with van der Waals surface area (Å²) in [5, 5.41) is 4.90. The summed E-state index contributed by atoms with van der Waals surface area (Å²) in [4.78, 5) is 19.4.